The maximum Gasteiger partial charge on any atom is 0.255 e. The minimum Gasteiger partial charge on any atom is -0.368 e. The summed E-state index contributed by atoms with van der Waals surface area (Å²) >= 11 is 5.96. The van der Waals surface area contributed by atoms with Crippen LogP contribution < -0.4 is 10.2 Å². The summed E-state index contributed by atoms with van der Waals surface area (Å²) < 4.78 is 0. The lowest BCUT2D eigenvalue weighted by molar-refractivity contribution is -0.126. The van der Waals surface area contributed by atoms with E-state index in [2.05, 4.69) is 10.2 Å². The first-order valence-corrected chi connectivity index (χ1v) is 10.9. The van der Waals surface area contributed by atoms with Crippen LogP contribution in [0, 0.1) is 0 Å². The van der Waals surface area contributed by atoms with Gasteiger partial charge in [0.25, 0.3) is 5.91 Å². The van der Waals surface area contributed by atoms with Gasteiger partial charge in [0.15, 0.2) is 0 Å². The molecule has 1 fully saturated rings. The minimum atomic E-state index is -0.198. The van der Waals surface area contributed by atoms with E-state index in [9.17, 15) is 9.59 Å². The first-order valence-electron chi connectivity index (χ1n) is 10.5. The van der Waals surface area contributed by atoms with Crippen molar-refractivity contribution in [1.82, 2.24) is 4.90 Å². The van der Waals surface area contributed by atoms with Gasteiger partial charge in [-0.2, -0.15) is 0 Å². The van der Waals surface area contributed by atoms with Crippen molar-refractivity contribution in [2.75, 3.05) is 36.4 Å². The molecule has 2 amide bonds. The number of rotatable bonds is 5. The second-order valence-corrected chi connectivity index (χ2v) is 8.00. The van der Waals surface area contributed by atoms with E-state index in [1.165, 1.54) is 0 Å². The average molecular weight is 446 g/mol. The van der Waals surface area contributed by atoms with Gasteiger partial charge in [0, 0.05) is 54.2 Å². The van der Waals surface area contributed by atoms with Gasteiger partial charge in [-0.25, -0.2) is 0 Å². The molecule has 3 aromatic carbocycles. The van der Waals surface area contributed by atoms with Crippen molar-refractivity contribution in [3.8, 4) is 0 Å². The molecular weight excluding hydrogens is 422 g/mol. The largest absolute Gasteiger partial charge is 0.368 e. The van der Waals surface area contributed by atoms with Crippen LogP contribution in [-0.2, 0) is 4.79 Å². The zero-order valence-corrected chi connectivity index (χ0v) is 18.3. The van der Waals surface area contributed by atoms with Gasteiger partial charge in [-0.3, -0.25) is 9.59 Å². The molecule has 0 unspecified atom stereocenters. The summed E-state index contributed by atoms with van der Waals surface area (Å²) in [4.78, 5) is 29.0. The molecule has 1 aliphatic heterocycles. The molecule has 1 saturated heterocycles. The van der Waals surface area contributed by atoms with Crippen LogP contribution in [0.4, 0.5) is 11.4 Å². The summed E-state index contributed by atoms with van der Waals surface area (Å²) in [6.07, 6.45) is 3.49. The van der Waals surface area contributed by atoms with Crippen molar-refractivity contribution in [3.63, 3.8) is 0 Å². The molecule has 0 aromatic heterocycles. The monoisotopic (exact) mass is 445 g/mol. The zero-order chi connectivity index (χ0) is 22.3. The highest BCUT2D eigenvalue weighted by atomic mass is 35.5. The number of amides is 2. The van der Waals surface area contributed by atoms with E-state index in [4.69, 9.17) is 11.6 Å². The Morgan fingerprint density at radius 1 is 0.844 bits per heavy atom. The number of halogens is 1. The second-order valence-electron chi connectivity index (χ2n) is 7.57. The Hall–Kier alpha value is -3.57. The molecule has 1 heterocycles. The average Bonchev–Trinajstić information content (AvgIpc) is 2.84. The fraction of sp³-hybridized carbons (Fsp3) is 0.154. The van der Waals surface area contributed by atoms with Crippen molar-refractivity contribution >= 4 is 40.9 Å². The molecule has 1 N–H and O–H groups in total. The molecule has 0 spiro atoms. The van der Waals surface area contributed by atoms with Crippen LogP contribution >= 0.6 is 11.6 Å². The van der Waals surface area contributed by atoms with E-state index in [-0.39, 0.29) is 11.8 Å². The van der Waals surface area contributed by atoms with Gasteiger partial charge in [-0.15, -0.1) is 0 Å². The van der Waals surface area contributed by atoms with Gasteiger partial charge < -0.3 is 15.1 Å². The number of carbonyl (C=O) groups is 2. The predicted molar refractivity (Wildman–Crippen MR) is 130 cm³/mol. The van der Waals surface area contributed by atoms with Gasteiger partial charge in [-0.1, -0.05) is 48.0 Å². The highest BCUT2D eigenvalue weighted by Gasteiger charge is 2.20. The van der Waals surface area contributed by atoms with Crippen LogP contribution in [0.2, 0.25) is 5.02 Å². The molecule has 162 valence electrons. The third-order valence-electron chi connectivity index (χ3n) is 5.39. The van der Waals surface area contributed by atoms with E-state index in [0.717, 1.165) is 30.0 Å². The Morgan fingerprint density at radius 2 is 1.56 bits per heavy atom. The van der Waals surface area contributed by atoms with Gasteiger partial charge in [0.1, 0.15) is 0 Å². The lowest BCUT2D eigenvalue weighted by atomic mass is 10.2. The van der Waals surface area contributed by atoms with Crippen molar-refractivity contribution in [3.05, 3.63) is 101 Å². The molecule has 6 heteroatoms. The Morgan fingerprint density at radius 3 is 2.25 bits per heavy atom. The fourth-order valence-electron chi connectivity index (χ4n) is 3.61. The Kier molecular flexibility index (Phi) is 6.87. The SMILES string of the molecule is O=C(Nc1ccc(N2CCN(C(=O)/C=C/c3ccccc3)CC2)cc1)c1cccc(Cl)c1. The summed E-state index contributed by atoms with van der Waals surface area (Å²) in [6, 6.07) is 24.4. The van der Waals surface area contributed by atoms with Crippen LogP contribution in [-0.4, -0.2) is 42.9 Å². The first-order chi connectivity index (χ1) is 15.6. The lowest BCUT2D eigenvalue weighted by Gasteiger charge is -2.35. The van der Waals surface area contributed by atoms with Gasteiger partial charge in [-0.05, 0) is 54.1 Å². The van der Waals surface area contributed by atoms with Gasteiger partial charge in [0.05, 0.1) is 0 Å². The predicted octanol–water partition coefficient (Wildman–Crippen LogP) is 4.95. The van der Waals surface area contributed by atoms with Crippen molar-refractivity contribution in [2.24, 2.45) is 0 Å². The molecule has 32 heavy (non-hydrogen) atoms. The van der Waals surface area contributed by atoms with Gasteiger partial charge in [0.2, 0.25) is 5.91 Å². The number of piperazine rings is 1. The van der Waals surface area contributed by atoms with Crippen LogP contribution in [0.5, 0.6) is 0 Å². The number of nitrogens with zero attached hydrogens (tertiary/aromatic N) is 2. The molecule has 1 aliphatic rings. The Bertz CT molecular complexity index is 1110. The molecular formula is C26H24ClN3O2. The fourth-order valence-corrected chi connectivity index (χ4v) is 3.80. The van der Waals surface area contributed by atoms with Crippen LogP contribution in [0.3, 0.4) is 0 Å². The number of anilines is 2. The number of nitrogens with one attached hydrogen (secondary N) is 1. The van der Waals surface area contributed by atoms with Crippen LogP contribution in [0.15, 0.2) is 84.9 Å². The number of hydrogen-bond donors (Lipinski definition) is 1. The summed E-state index contributed by atoms with van der Waals surface area (Å²) in [5, 5.41) is 3.42. The van der Waals surface area contributed by atoms with Crippen LogP contribution in [0.25, 0.3) is 6.08 Å². The molecule has 3 aromatic rings. The number of carbonyl (C=O) groups excluding carboxylic acids is 2. The van der Waals surface area contributed by atoms with E-state index in [1.54, 1.807) is 30.3 Å². The highest BCUT2D eigenvalue weighted by molar-refractivity contribution is 6.31. The van der Waals surface area contributed by atoms with Crippen molar-refractivity contribution in [2.45, 2.75) is 0 Å². The third kappa shape index (κ3) is 5.56. The zero-order valence-electron chi connectivity index (χ0n) is 17.6. The van der Waals surface area contributed by atoms with E-state index < -0.39 is 0 Å². The van der Waals surface area contributed by atoms with Crippen LogP contribution in [0.1, 0.15) is 15.9 Å². The van der Waals surface area contributed by atoms with Crippen molar-refractivity contribution < 1.29 is 9.59 Å². The quantitative estimate of drug-likeness (QED) is 0.565. The maximum absolute atomic E-state index is 12.5. The number of benzene rings is 3. The topological polar surface area (TPSA) is 52.7 Å². The first kappa shape index (κ1) is 21.7. The van der Waals surface area contributed by atoms with E-state index in [1.807, 2.05) is 65.6 Å². The number of hydrogen-bond acceptors (Lipinski definition) is 3. The van der Waals surface area contributed by atoms with Gasteiger partial charge >= 0.3 is 0 Å². The minimum absolute atomic E-state index is 0.0348. The van der Waals surface area contributed by atoms with E-state index in [0.29, 0.717) is 23.7 Å². The summed E-state index contributed by atoms with van der Waals surface area (Å²) in [5.41, 5.74) is 3.32. The lowest BCUT2D eigenvalue weighted by Crippen LogP contribution is -2.48. The molecule has 5 nitrogen and oxygen atoms in total. The smallest absolute Gasteiger partial charge is 0.255 e. The highest BCUT2D eigenvalue weighted by Crippen LogP contribution is 2.21. The van der Waals surface area contributed by atoms with Crippen molar-refractivity contribution in [1.29, 1.82) is 0 Å². The molecule has 0 bridgehead atoms. The second kappa shape index (κ2) is 10.2. The summed E-state index contributed by atoms with van der Waals surface area (Å²) in [6.45, 7) is 2.87. The molecule has 0 aliphatic carbocycles. The molecule has 0 atom stereocenters. The Labute approximate surface area is 192 Å². The maximum atomic E-state index is 12.5. The normalized spacial score (nSPS) is 13.9. The summed E-state index contributed by atoms with van der Waals surface area (Å²) in [5.74, 6) is -0.163. The van der Waals surface area contributed by atoms with E-state index >= 15 is 0 Å². The standard InChI is InChI=1S/C26H24ClN3O2/c27-22-8-4-7-21(19-22)26(32)28-23-10-12-24(13-11-23)29-15-17-30(18-16-29)25(31)14-9-20-5-2-1-3-6-20/h1-14,19H,15-18H2,(H,28,32)/b14-9+. The molecule has 0 radical (unpaired) electrons. The molecule has 0 saturated carbocycles. The third-order valence-corrected chi connectivity index (χ3v) is 5.62. The summed E-state index contributed by atoms with van der Waals surface area (Å²) in [7, 11) is 0. The molecule has 4 rings (SSSR count). The Balaban J connectivity index is 1.29.